The van der Waals surface area contributed by atoms with Gasteiger partial charge >= 0.3 is 0 Å². The minimum Gasteiger partial charge on any atom is -0.379 e. The second kappa shape index (κ2) is 2.54. The maximum atomic E-state index is 5.24. The van der Waals surface area contributed by atoms with Crippen molar-refractivity contribution in [1.29, 1.82) is 0 Å². The Hall–Kier alpha value is -1.42. The van der Waals surface area contributed by atoms with E-state index >= 15 is 0 Å². The molecular weight excluding hydrogens is 178 g/mol. The summed E-state index contributed by atoms with van der Waals surface area (Å²) >= 11 is 0. The van der Waals surface area contributed by atoms with E-state index in [1.165, 1.54) is 0 Å². The van der Waals surface area contributed by atoms with Crippen LogP contribution in [-0.4, -0.2) is 27.6 Å². The lowest BCUT2D eigenvalue weighted by Gasteiger charge is -2.36. The number of imidazole rings is 1. The van der Waals surface area contributed by atoms with Crippen molar-refractivity contribution in [3.63, 3.8) is 0 Å². The molecule has 3 rings (SSSR count). The second-order valence-corrected chi connectivity index (χ2v) is 4.02. The van der Waals surface area contributed by atoms with Gasteiger partial charge in [0.25, 0.3) is 0 Å². The lowest BCUT2D eigenvalue weighted by Crippen LogP contribution is -2.44. The molecule has 0 radical (unpaired) electrons. The van der Waals surface area contributed by atoms with Crippen LogP contribution in [0.2, 0.25) is 0 Å². The molecule has 1 fully saturated rings. The van der Waals surface area contributed by atoms with Crippen LogP contribution in [0, 0.1) is 0 Å². The van der Waals surface area contributed by atoms with Gasteiger partial charge in [-0.1, -0.05) is 0 Å². The van der Waals surface area contributed by atoms with Gasteiger partial charge in [-0.2, -0.15) is 0 Å². The van der Waals surface area contributed by atoms with Crippen LogP contribution in [0.1, 0.15) is 12.6 Å². The van der Waals surface area contributed by atoms with E-state index in [-0.39, 0.29) is 5.41 Å². The fourth-order valence-electron chi connectivity index (χ4n) is 1.85. The number of ether oxygens (including phenoxy) is 1. The molecule has 2 aromatic rings. The highest BCUT2D eigenvalue weighted by molar-refractivity contribution is 5.53. The molecule has 0 saturated carbocycles. The molecule has 0 N–H and O–H groups in total. The summed E-state index contributed by atoms with van der Waals surface area (Å²) in [4.78, 5) is 8.55. The fraction of sp³-hybridized carbons (Fsp3) is 0.400. The van der Waals surface area contributed by atoms with Crippen molar-refractivity contribution in [2.45, 2.75) is 12.3 Å². The average molecular weight is 189 g/mol. The largest absolute Gasteiger partial charge is 0.379 e. The Bertz CT molecular complexity index is 473. The summed E-state index contributed by atoms with van der Waals surface area (Å²) in [6.07, 6.45) is 7.36. The van der Waals surface area contributed by atoms with Crippen molar-refractivity contribution in [3.05, 3.63) is 30.6 Å². The van der Waals surface area contributed by atoms with Crippen LogP contribution in [0.4, 0.5) is 0 Å². The van der Waals surface area contributed by atoms with Gasteiger partial charge in [0.15, 0.2) is 0 Å². The summed E-state index contributed by atoms with van der Waals surface area (Å²) < 4.78 is 7.23. The van der Waals surface area contributed by atoms with E-state index in [0.717, 1.165) is 24.4 Å². The van der Waals surface area contributed by atoms with E-state index < -0.39 is 0 Å². The number of hydrogen-bond donors (Lipinski definition) is 0. The standard InChI is InChI=1S/C10H11N3O/c1-10(5-14-6-10)9-8-4-11-2-3-13(8)7-12-9/h2-4,7H,5-6H2,1H3. The number of nitrogens with zero attached hydrogens (tertiary/aromatic N) is 3. The maximum absolute atomic E-state index is 5.24. The van der Waals surface area contributed by atoms with E-state index in [0.29, 0.717) is 0 Å². The average Bonchev–Trinajstić information content (AvgIpc) is 2.58. The van der Waals surface area contributed by atoms with E-state index in [1.54, 1.807) is 6.20 Å². The minimum absolute atomic E-state index is 0.0811. The Labute approximate surface area is 81.6 Å². The molecule has 72 valence electrons. The molecule has 1 aliphatic rings. The van der Waals surface area contributed by atoms with E-state index in [1.807, 2.05) is 23.1 Å². The highest BCUT2D eigenvalue weighted by Gasteiger charge is 2.38. The third-order valence-electron chi connectivity index (χ3n) is 2.76. The van der Waals surface area contributed by atoms with Gasteiger partial charge in [0.1, 0.15) is 0 Å². The van der Waals surface area contributed by atoms with Crippen molar-refractivity contribution in [3.8, 4) is 0 Å². The first kappa shape index (κ1) is 7.94. The van der Waals surface area contributed by atoms with Gasteiger partial charge in [-0.05, 0) is 6.92 Å². The summed E-state index contributed by atoms with van der Waals surface area (Å²) in [5.74, 6) is 0. The van der Waals surface area contributed by atoms with E-state index in [9.17, 15) is 0 Å². The minimum atomic E-state index is 0.0811. The van der Waals surface area contributed by atoms with Crippen LogP contribution in [0.15, 0.2) is 24.9 Å². The number of fused-ring (bicyclic) bond motifs is 1. The molecule has 0 aromatic carbocycles. The van der Waals surface area contributed by atoms with Crippen LogP contribution in [0.5, 0.6) is 0 Å². The first-order chi connectivity index (χ1) is 6.80. The summed E-state index contributed by atoms with van der Waals surface area (Å²) in [6, 6.07) is 0. The molecule has 0 unspecified atom stereocenters. The molecule has 1 aliphatic heterocycles. The molecule has 0 atom stereocenters. The Morgan fingerprint density at radius 1 is 1.50 bits per heavy atom. The molecule has 4 nitrogen and oxygen atoms in total. The maximum Gasteiger partial charge on any atom is 0.0996 e. The predicted molar refractivity (Wildman–Crippen MR) is 51.2 cm³/mol. The summed E-state index contributed by atoms with van der Waals surface area (Å²) in [6.45, 7) is 3.69. The monoisotopic (exact) mass is 189 g/mol. The Morgan fingerprint density at radius 2 is 2.36 bits per heavy atom. The van der Waals surface area contributed by atoms with Crippen molar-refractivity contribution < 1.29 is 4.74 Å². The first-order valence-electron chi connectivity index (χ1n) is 4.64. The molecule has 0 bridgehead atoms. The lowest BCUT2D eigenvalue weighted by atomic mass is 9.84. The molecule has 1 saturated heterocycles. The zero-order chi connectivity index (χ0) is 9.60. The van der Waals surface area contributed by atoms with Crippen LogP contribution >= 0.6 is 0 Å². The highest BCUT2D eigenvalue weighted by Crippen LogP contribution is 2.32. The third kappa shape index (κ3) is 0.915. The molecule has 0 amide bonds. The summed E-state index contributed by atoms with van der Waals surface area (Å²) in [5.41, 5.74) is 2.26. The molecule has 3 heterocycles. The normalized spacial score (nSPS) is 19.5. The molecule has 2 aromatic heterocycles. The van der Waals surface area contributed by atoms with Crippen LogP contribution in [-0.2, 0) is 10.2 Å². The Balaban J connectivity index is 2.22. The third-order valence-corrected chi connectivity index (χ3v) is 2.76. The summed E-state index contributed by atoms with van der Waals surface area (Å²) in [5, 5.41) is 0. The quantitative estimate of drug-likeness (QED) is 0.672. The zero-order valence-electron chi connectivity index (χ0n) is 7.97. The number of hydrogen-bond acceptors (Lipinski definition) is 3. The fourth-order valence-corrected chi connectivity index (χ4v) is 1.85. The number of rotatable bonds is 1. The molecule has 14 heavy (non-hydrogen) atoms. The van der Waals surface area contributed by atoms with Gasteiger partial charge in [0.2, 0.25) is 0 Å². The smallest absolute Gasteiger partial charge is 0.0996 e. The van der Waals surface area contributed by atoms with Crippen LogP contribution in [0.25, 0.3) is 5.52 Å². The van der Waals surface area contributed by atoms with Crippen LogP contribution < -0.4 is 0 Å². The summed E-state index contributed by atoms with van der Waals surface area (Å²) in [7, 11) is 0. The van der Waals surface area contributed by atoms with E-state index in [2.05, 4.69) is 16.9 Å². The molecule has 0 aliphatic carbocycles. The molecule has 0 spiro atoms. The van der Waals surface area contributed by atoms with Crippen molar-refractivity contribution in [2.24, 2.45) is 0 Å². The number of aromatic nitrogens is 3. The van der Waals surface area contributed by atoms with E-state index in [4.69, 9.17) is 4.74 Å². The van der Waals surface area contributed by atoms with Gasteiger partial charge in [-0.25, -0.2) is 4.98 Å². The zero-order valence-corrected chi connectivity index (χ0v) is 7.97. The SMILES string of the molecule is CC1(c2ncn3ccncc23)COC1. The van der Waals surface area contributed by atoms with Gasteiger partial charge in [-0.3, -0.25) is 4.98 Å². The van der Waals surface area contributed by atoms with Crippen molar-refractivity contribution in [1.82, 2.24) is 14.4 Å². The first-order valence-corrected chi connectivity index (χ1v) is 4.64. The predicted octanol–water partition coefficient (Wildman–Crippen LogP) is 1.02. The van der Waals surface area contributed by atoms with Crippen molar-refractivity contribution >= 4 is 5.52 Å². The Morgan fingerprint density at radius 3 is 3.07 bits per heavy atom. The second-order valence-electron chi connectivity index (χ2n) is 4.02. The molecular formula is C10H11N3O. The van der Waals surface area contributed by atoms with Gasteiger partial charge < -0.3 is 9.14 Å². The van der Waals surface area contributed by atoms with Crippen LogP contribution in [0.3, 0.4) is 0 Å². The lowest BCUT2D eigenvalue weighted by molar-refractivity contribution is -0.0511. The topological polar surface area (TPSA) is 39.4 Å². The van der Waals surface area contributed by atoms with Gasteiger partial charge in [0.05, 0.1) is 42.4 Å². The highest BCUT2D eigenvalue weighted by atomic mass is 16.5. The Kier molecular flexibility index (Phi) is 1.44. The molecule has 4 heteroatoms. The van der Waals surface area contributed by atoms with Crippen molar-refractivity contribution in [2.75, 3.05) is 13.2 Å². The van der Waals surface area contributed by atoms with Gasteiger partial charge in [-0.15, -0.1) is 0 Å². The van der Waals surface area contributed by atoms with Gasteiger partial charge in [0, 0.05) is 12.4 Å².